The minimum atomic E-state index is -0.386. The summed E-state index contributed by atoms with van der Waals surface area (Å²) in [6.45, 7) is 6.98. The molecule has 5 nitrogen and oxygen atoms in total. The van der Waals surface area contributed by atoms with Gasteiger partial charge in [-0.25, -0.2) is 4.79 Å². The standard InChI is InChI=1S/C15H21NO4/c1-5-19-12-8-10(6-7-11(12)18-4)13-15(2,3)9-20-14(17)16-13/h6-8,13H,5,9H2,1-4H3,(H,16,17)/t13-/m1/s1. The summed E-state index contributed by atoms with van der Waals surface area (Å²) < 4.78 is 15.9. The zero-order chi connectivity index (χ0) is 14.8. The Bertz CT molecular complexity index is 499. The van der Waals surface area contributed by atoms with Crippen LogP contribution in [0.4, 0.5) is 4.79 Å². The first-order valence-corrected chi connectivity index (χ1v) is 6.72. The molecule has 0 aliphatic carbocycles. The molecule has 2 rings (SSSR count). The molecule has 1 fully saturated rings. The number of nitrogens with one attached hydrogen (secondary N) is 1. The topological polar surface area (TPSA) is 56.8 Å². The van der Waals surface area contributed by atoms with Gasteiger partial charge >= 0.3 is 6.09 Å². The number of rotatable bonds is 4. The molecule has 0 bridgehead atoms. The van der Waals surface area contributed by atoms with Gasteiger partial charge in [-0.2, -0.15) is 0 Å². The van der Waals surface area contributed by atoms with Gasteiger partial charge in [0.1, 0.15) is 6.61 Å². The maximum atomic E-state index is 11.5. The lowest BCUT2D eigenvalue weighted by Gasteiger charge is -2.38. The average molecular weight is 279 g/mol. The number of methoxy groups -OCH3 is 1. The molecule has 1 amide bonds. The van der Waals surface area contributed by atoms with Crippen LogP contribution in [0.3, 0.4) is 0 Å². The largest absolute Gasteiger partial charge is 0.493 e. The van der Waals surface area contributed by atoms with E-state index in [1.165, 1.54) is 0 Å². The number of hydrogen-bond acceptors (Lipinski definition) is 4. The molecule has 0 unspecified atom stereocenters. The molecule has 0 spiro atoms. The van der Waals surface area contributed by atoms with Crippen molar-refractivity contribution in [3.63, 3.8) is 0 Å². The minimum absolute atomic E-state index is 0.117. The highest BCUT2D eigenvalue weighted by atomic mass is 16.6. The lowest BCUT2D eigenvalue weighted by atomic mass is 9.80. The molecule has 1 aromatic carbocycles. The van der Waals surface area contributed by atoms with Gasteiger partial charge < -0.3 is 19.5 Å². The third-order valence-electron chi connectivity index (χ3n) is 3.44. The van der Waals surface area contributed by atoms with Gasteiger partial charge in [0.15, 0.2) is 11.5 Å². The van der Waals surface area contributed by atoms with Gasteiger partial charge in [0, 0.05) is 5.41 Å². The number of benzene rings is 1. The van der Waals surface area contributed by atoms with Crippen molar-refractivity contribution in [1.82, 2.24) is 5.32 Å². The third kappa shape index (κ3) is 2.81. The number of carbonyl (C=O) groups excluding carboxylic acids is 1. The fourth-order valence-corrected chi connectivity index (χ4v) is 2.37. The first kappa shape index (κ1) is 14.5. The molecule has 20 heavy (non-hydrogen) atoms. The van der Waals surface area contributed by atoms with Crippen LogP contribution in [0.15, 0.2) is 18.2 Å². The van der Waals surface area contributed by atoms with E-state index in [4.69, 9.17) is 14.2 Å². The van der Waals surface area contributed by atoms with Gasteiger partial charge in [-0.1, -0.05) is 19.9 Å². The molecule has 5 heteroatoms. The Morgan fingerprint density at radius 1 is 1.40 bits per heavy atom. The molecule has 0 radical (unpaired) electrons. The summed E-state index contributed by atoms with van der Waals surface area (Å²) in [7, 11) is 1.61. The summed E-state index contributed by atoms with van der Waals surface area (Å²) in [5.41, 5.74) is 0.794. The smallest absolute Gasteiger partial charge is 0.407 e. The molecular formula is C15H21NO4. The van der Waals surface area contributed by atoms with Crippen molar-refractivity contribution in [2.45, 2.75) is 26.8 Å². The third-order valence-corrected chi connectivity index (χ3v) is 3.44. The van der Waals surface area contributed by atoms with Gasteiger partial charge in [0.05, 0.1) is 19.8 Å². The van der Waals surface area contributed by atoms with E-state index in [1.54, 1.807) is 7.11 Å². The van der Waals surface area contributed by atoms with E-state index < -0.39 is 0 Å². The number of amides is 1. The molecule has 1 atom stereocenters. The predicted molar refractivity (Wildman–Crippen MR) is 75.2 cm³/mol. The molecule has 0 aromatic heterocycles. The zero-order valence-electron chi connectivity index (χ0n) is 12.4. The van der Waals surface area contributed by atoms with E-state index in [0.717, 1.165) is 5.56 Å². The van der Waals surface area contributed by atoms with Crippen LogP contribution in [0.5, 0.6) is 11.5 Å². The summed E-state index contributed by atoms with van der Waals surface area (Å²) in [6.07, 6.45) is -0.386. The van der Waals surface area contributed by atoms with Gasteiger partial charge in [0.25, 0.3) is 0 Å². The van der Waals surface area contributed by atoms with Crippen molar-refractivity contribution in [1.29, 1.82) is 0 Å². The molecule has 1 N–H and O–H groups in total. The van der Waals surface area contributed by atoms with E-state index >= 15 is 0 Å². The second kappa shape index (κ2) is 5.61. The quantitative estimate of drug-likeness (QED) is 0.920. The van der Waals surface area contributed by atoms with Gasteiger partial charge in [-0.3, -0.25) is 0 Å². The van der Waals surface area contributed by atoms with Crippen LogP contribution in [-0.4, -0.2) is 26.4 Å². The molecule has 1 aliphatic rings. The molecule has 1 heterocycles. The maximum absolute atomic E-state index is 11.5. The Balaban J connectivity index is 2.35. The number of cyclic esters (lactones) is 1. The summed E-state index contributed by atoms with van der Waals surface area (Å²) in [4.78, 5) is 11.5. The Morgan fingerprint density at radius 3 is 2.80 bits per heavy atom. The summed E-state index contributed by atoms with van der Waals surface area (Å²) in [5, 5.41) is 2.87. The van der Waals surface area contributed by atoms with Crippen molar-refractivity contribution in [2.24, 2.45) is 5.41 Å². The lowest BCUT2D eigenvalue weighted by molar-refractivity contribution is 0.0386. The van der Waals surface area contributed by atoms with Crippen LogP contribution in [0, 0.1) is 5.41 Å². The Hall–Kier alpha value is -1.91. The van der Waals surface area contributed by atoms with E-state index in [2.05, 4.69) is 19.2 Å². The fourth-order valence-electron chi connectivity index (χ4n) is 2.37. The van der Waals surface area contributed by atoms with Crippen LogP contribution in [0.2, 0.25) is 0 Å². The highest BCUT2D eigenvalue weighted by molar-refractivity contribution is 5.69. The van der Waals surface area contributed by atoms with Crippen LogP contribution in [0.1, 0.15) is 32.4 Å². The number of carbonyl (C=O) groups is 1. The molecular weight excluding hydrogens is 258 g/mol. The SMILES string of the molecule is CCOc1cc([C@H]2NC(=O)OCC2(C)C)ccc1OC. The van der Waals surface area contributed by atoms with Crippen LogP contribution >= 0.6 is 0 Å². The first-order chi connectivity index (χ1) is 9.47. The van der Waals surface area contributed by atoms with Crippen molar-refractivity contribution in [3.8, 4) is 11.5 Å². The van der Waals surface area contributed by atoms with Gasteiger partial charge in [-0.15, -0.1) is 0 Å². The Kier molecular flexibility index (Phi) is 4.06. The van der Waals surface area contributed by atoms with E-state index in [9.17, 15) is 4.79 Å². The number of alkyl carbamates (subject to hydrolysis) is 1. The average Bonchev–Trinajstić information content (AvgIpc) is 2.42. The second-order valence-corrected chi connectivity index (χ2v) is 5.49. The van der Waals surface area contributed by atoms with Crippen molar-refractivity contribution < 1.29 is 19.0 Å². The van der Waals surface area contributed by atoms with Crippen LogP contribution in [0.25, 0.3) is 0 Å². The maximum Gasteiger partial charge on any atom is 0.407 e. The van der Waals surface area contributed by atoms with E-state index in [-0.39, 0.29) is 17.6 Å². The summed E-state index contributed by atoms with van der Waals surface area (Å²) >= 11 is 0. The zero-order valence-corrected chi connectivity index (χ0v) is 12.4. The van der Waals surface area contributed by atoms with Crippen molar-refractivity contribution >= 4 is 6.09 Å². The highest BCUT2D eigenvalue weighted by Crippen LogP contribution is 2.39. The molecule has 1 aliphatic heterocycles. The van der Waals surface area contributed by atoms with Crippen LogP contribution < -0.4 is 14.8 Å². The van der Waals surface area contributed by atoms with Crippen molar-refractivity contribution in [2.75, 3.05) is 20.3 Å². The predicted octanol–water partition coefficient (Wildman–Crippen LogP) is 2.90. The number of ether oxygens (including phenoxy) is 3. The molecule has 1 aromatic rings. The molecule has 1 saturated heterocycles. The second-order valence-electron chi connectivity index (χ2n) is 5.49. The molecule has 0 saturated carbocycles. The fraction of sp³-hybridized carbons (Fsp3) is 0.533. The highest BCUT2D eigenvalue weighted by Gasteiger charge is 2.38. The Labute approximate surface area is 119 Å². The monoisotopic (exact) mass is 279 g/mol. The van der Waals surface area contributed by atoms with E-state index in [1.807, 2.05) is 25.1 Å². The van der Waals surface area contributed by atoms with Gasteiger partial charge in [0.2, 0.25) is 0 Å². The normalized spacial score (nSPS) is 20.8. The van der Waals surface area contributed by atoms with E-state index in [0.29, 0.717) is 24.7 Å². The summed E-state index contributed by atoms with van der Waals surface area (Å²) in [6, 6.07) is 5.60. The summed E-state index contributed by atoms with van der Waals surface area (Å²) in [5.74, 6) is 1.37. The Morgan fingerprint density at radius 2 is 2.15 bits per heavy atom. The van der Waals surface area contributed by atoms with Crippen LogP contribution in [-0.2, 0) is 4.74 Å². The molecule has 110 valence electrons. The number of hydrogen-bond donors (Lipinski definition) is 1. The first-order valence-electron chi connectivity index (χ1n) is 6.72. The van der Waals surface area contributed by atoms with Crippen molar-refractivity contribution in [3.05, 3.63) is 23.8 Å². The van der Waals surface area contributed by atoms with Gasteiger partial charge in [-0.05, 0) is 24.6 Å². The lowest BCUT2D eigenvalue weighted by Crippen LogP contribution is -2.46. The minimum Gasteiger partial charge on any atom is -0.493 e.